The second-order valence-electron chi connectivity index (χ2n) is 6.38. The predicted molar refractivity (Wildman–Crippen MR) is 84.3 cm³/mol. The largest absolute Gasteiger partial charge is 0.399 e. The molecule has 4 nitrogen and oxygen atoms in total. The Bertz CT molecular complexity index is 590. The molecule has 0 atom stereocenters. The molecule has 0 unspecified atom stereocenters. The Morgan fingerprint density at radius 1 is 1.10 bits per heavy atom. The van der Waals surface area contributed by atoms with Crippen molar-refractivity contribution in [3.63, 3.8) is 0 Å². The highest BCUT2D eigenvalue weighted by molar-refractivity contribution is 7.89. The van der Waals surface area contributed by atoms with Gasteiger partial charge in [0.1, 0.15) is 0 Å². The van der Waals surface area contributed by atoms with Gasteiger partial charge in [-0.25, -0.2) is 8.42 Å². The molecule has 0 aliphatic heterocycles. The fraction of sp³-hybridized carbons (Fsp3) is 0.625. The van der Waals surface area contributed by atoms with Gasteiger partial charge >= 0.3 is 0 Å². The van der Waals surface area contributed by atoms with Gasteiger partial charge in [-0.1, -0.05) is 25.3 Å². The number of nitrogens with zero attached hydrogens (tertiary/aromatic N) is 1. The molecule has 0 saturated heterocycles. The second-order valence-corrected chi connectivity index (χ2v) is 8.27. The lowest BCUT2D eigenvalue weighted by Crippen LogP contribution is -2.37. The van der Waals surface area contributed by atoms with E-state index in [1.807, 2.05) is 0 Å². The zero-order valence-corrected chi connectivity index (χ0v) is 13.2. The number of benzene rings is 1. The summed E-state index contributed by atoms with van der Waals surface area (Å²) in [5, 5.41) is 0. The summed E-state index contributed by atoms with van der Waals surface area (Å²) in [5.74, 6) is 0.523. The van der Waals surface area contributed by atoms with Crippen LogP contribution in [0, 0.1) is 5.92 Å². The highest BCUT2D eigenvalue weighted by Crippen LogP contribution is 2.35. The molecule has 1 aromatic rings. The van der Waals surface area contributed by atoms with Crippen molar-refractivity contribution in [2.75, 3.05) is 12.3 Å². The molecule has 0 amide bonds. The Morgan fingerprint density at radius 3 is 2.43 bits per heavy atom. The van der Waals surface area contributed by atoms with Gasteiger partial charge in [-0.2, -0.15) is 4.31 Å². The fourth-order valence-corrected chi connectivity index (χ4v) is 5.06. The number of sulfonamides is 1. The lowest BCUT2D eigenvalue weighted by Gasteiger charge is -2.29. The highest BCUT2D eigenvalue weighted by Gasteiger charge is 2.39. The topological polar surface area (TPSA) is 63.4 Å². The molecule has 2 saturated carbocycles. The lowest BCUT2D eigenvalue weighted by molar-refractivity contribution is 0.274. The second kappa shape index (κ2) is 5.97. The molecule has 2 fully saturated rings. The average Bonchev–Trinajstić information content (AvgIpc) is 3.30. The number of hydrogen-bond donors (Lipinski definition) is 1. The summed E-state index contributed by atoms with van der Waals surface area (Å²) in [6.07, 6.45) is 8.08. The maximum absolute atomic E-state index is 12.9. The van der Waals surface area contributed by atoms with Gasteiger partial charge in [0.15, 0.2) is 0 Å². The van der Waals surface area contributed by atoms with Crippen LogP contribution in [0.4, 0.5) is 5.69 Å². The van der Waals surface area contributed by atoms with Gasteiger partial charge in [-0.3, -0.25) is 0 Å². The minimum atomic E-state index is -3.41. The first-order chi connectivity index (χ1) is 10.1. The molecule has 2 aliphatic rings. The van der Waals surface area contributed by atoms with Gasteiger partial charge in [0, 0.05) is 18.3 Å². The first-order valence-electron chi connectivity index (χ1n) is 7.95. The molecule has 0 radical (unpaired) electrons. The summed E-state index contributed by atoms with van der Waals surface area (Å²) < 4.78 is 27.6. The third kappa shape index (κ3) is 3.40. The Kier molecular flexibility index (Phi) is 4.22. The Balaban J connectivity index is 1.82. The van der Waals surface area contributed by atoms with E-state index in [9.17, 15) is 8.42 Å². The summed E-state index contributed by atoms with van der Waals surface area (Å²) in [5.41, 5.74) is 6.25. The maximum Gasteiger partial charge on any atom is 0.243 e. The molecule has 116 valence electrons. The van der Waals surface area contributed by atoms with Crippen LogP contribution in [-0.4, -0.2) is 25.3 Å². The monoisotopic (exact) mass is 308 g/mol. The summed E-state index contributed by atoms with van der Waals surface area (Å²) in [4.78, 5) is 0.338. The smallest absolute Gasteiger partial charge is 0.243 e. The van der Waals surface area contributed by atoms with Crippen molar-refractivity contribution >= 4 is 15.7 Å². The molecule has 2 aliphatic carbocycles. The Morgan fingerprint density at radius 2 is 1.81 bits per heavy atom. The van der Waals surface area contributed by atoms with E-state index in [1.54, 1.807) is 28.6 Å². The van der Waals surface area contributed by atoms with E-state index in [2.05, 4.69) is 0 Å². The van der Waals surface area contributed by atoms with Crippen LogP contribution in [-0.2, 0) is 10.0 Å². The van der Waals surface area contributed by atoms with Crippen LogP contribution in [0.5, 0.6) is 0 Å². The van der Waals surface area contributed by atoms with E-state index >= 15 is 0 Å². The molecule has 0 spiro atoms. The van der Waals surface area contributed by atoms with Gasteiger partial charge in [0.25, 0.3) is 0 Å². The van der Waals surface area contributed by atoms with Crippen molar-refractivity contribution in [2.45, 2.75) is 55.9 Å². The minimum Gasteiger partial charge on any atom is -0.399 e. The summed E-state index contributed by atoms with van der Waals surface area (Å²) in [7, 11) is -3.41. The van der Waals surface area contributed by atoms with Crippen LogP contribution in [0.3, 0.4) is 0 Å². The molecular formula is C16H24N2O2S. The van der Waals surface area contributed by atoms with Gasteiger partial charge in [0.2, 0.25) is 10.0 Å². The highest BCUT2D eigenvalue weighted by atomic mass is 32.2. The van der Waals surface area contributed by atoms with Gasteiger partial charge in [-0.05, 0) is 49.8 Å². The molecule has 2 N–H and O–H groups in total. The number of nitrogen functional groups attached to an aromatic ring is 1. The number of anilines is 1. The van der Waals surface area contributed by atoms with E-state index in [0.717, 1.165) is 25.7 Å². The Hall–Kier alpha value is -1.07. The third-order valence-electron chi connectivity index (χ3n) is 4.58. The average molecular weight is 308 g/mol. The fourth-order valence-electron chi connectivity index (χ4n) is 3.24. The van der Waals surface area contributed by atoms with E-state index in [0.29, 0.717) is 23.0 Å². The zero-order chi connectivity index (χ0) is 14.9. The van der Waals surface area contributed by atoms with Crippen LogP contribution in [0.2, 0.25) is 0 Å². The van der Waals surface area contributed by atoms with E-state index in [4.69, 9.17) is 5.73 Å². The third-order valence-corrected chi connectivity index (χ3v) is 6.50. The molecule has 3 rings (SSSR count). The van der Waals surface area contributed by atoms with Crippen molar-refractivity contribution in [3.05, 3.63) is 24.3 Å². The minimum absolute atomic E-state index is 0.207. The maximum atomic E-state index is 12.9. The van der Waals surface area contributed by atoms with Crippen molar-refractivity contribution < 1.29 is 8.42 Å². The first-order valence-corrected chi connectivity index (χ1v) is 9.39. The predicted octanol–water partition coefficient (Wildman–Crippen LogP) is 3.00. The SMILES string of the molecule is Nc1cccc(S(=O)(=O)N(CC2CCCCC2)C2CC2)c1. The van der Waals surface area contributed by atoms with E-state index in [1.165, 1.54) is 19.3 Å². The zero-order valence-electron chi connectivity index (χ0n) is 12.4. The molecule has 21 heavy (non-hydrogen) atoms. The molecule has 0 heterocycles. The van der Waals surface area contributed by atoms with Crippen molar-refractivity contribution in [1.82, 2.24) is 4.31 Å². The first kappa shape index (κ1) is 14.9. The Labute approximate surface area is 127 Å². The van der Waals surface area contributed by atoms with Gasteiger partial charge in [0.05, 0.1) is 4.90 Å². The van der Waals surface area contributed by atoms with E-state index < -0.39 is 10.0 Å². The summed E-state index contributed by atoms with van der Waals surface area (Å²) in [6, 6.07) is 6.88. The van der Waals surface area contributed by atoms with Crippen molar-refractivity contribution in [2.24, 2.45) is 5.92 Å². The lowest BCUT2D eigenvalue weighted by atomic mass is 9.89. The summed E-state index contributed by atoms with van der Waals surface area (Å²) in [6.45, 7) is 0.682. The number of nitrogens with two attached hydrogens (primary N) is 1. The summed E-state index contributed by atoms with van der Waals surface area (Å²) >= 11 is 0. The standard InChI is InChI=1S/C16H24N2O2S/c17-14-7-4-8-16(11-14)21(19,20)18(15-9-10-15)12-13-5-2-1-3-6-13/h4,7-8,11,13,15H,1-3,5-6,9-10,12,17H2. The van der Waals surface area contributed by atoms with Crippen LogP contribution in [0.15, 0.2) is 29.2 Å². The number of rotatable bonds is 5. The molecule has 0 bridgehead atoms. The molecular weight excluding hydrogens is 284 g/mol. The van der Waals surface area contributed by atoms with Crippen LogP contribution >= 0.6 is 0 Å². The van der Waals surface area contributed by atoms with Gasteiger partial charge < -0.3 is 5.73 Å². The van der Waals surface area contributed by atoms with Crippen LogP contribution in [0.25, 0.3) is 0 Å². The van der Waals surface area contributed by atoms with Crippen LogP contribution in [0.1, 0.15) is 44.9 Å². The molecule has 1 aromatic carbocycles. The van der Waals surface area contributed by atoms with Crippen LogP contribution < -0.4 is 5.73 Å². The molecule has 5 heteroatoms. The number of hydrogen-bond acceptors (Lipinski definition) is 3. The molecule has 0 aromatic heterocycles. The van der Waals surface area contributed by atoms with E-state index in [-0.39, 0.29) is 6.04 Å². The van der Waals surface area contributed by atoms with Crippen molar-refractivity contribution in [3.8, 4) is 0 Å². The van der Waals surface area contributed by atoms with Gasteiger partial charge in [-0.15, -0.1) is 0 Å². The van der Waals surface area contributed by atoms with Crippen molar-refractivity contribution in [1.29, 1.82) is 0 Å². The normalized spacial score (nSPS) is 20.8. The quantitative estimate of drug-likeness (QED) is 0.851.